The highest BCUT2D eigenvalue weighted by atomic mass is 19.3. The number of aryl methyl sites for hydroxylation is 3. The molecule has 3 aromatic rings. The van der Waals surface area contributed by atoms with Crippen LogP contribution >= 0.6 is 0 Å². The molecule has 0 amide bonds. The molecular formula is C27H27F2NO. The molecular weight excluding hydrogens is 392 g/mol. The van der Waals surface area contributed by atoms with Crippen molar-refractivity contribution in [3.8, 4) is 11.8 Å². The third-order valence-electron chi connectivity index (χ3n) is 5.31. The number of hydrogen-bond acceptors (Lipinski definition) is 2. The Morgan fingerprint density at radius 2 is 1.26 bits per heavy atom. The number of ether oxygens (including phenoxy) is 1. The third-order valence-corrected chi connectivity index (χ3v) is 5.31. The number of nitrogens with zero attached hydrogens (tertiary/aromatic N) is 1. The van der Waals surface area contributed by atoms with Crippen LogP contribution in [0.1, 0.15) is 54.0 Å². The van der Waals surface area contributed by atoms with Gasteiger partial charge in [0.2, 0.25) is 0 Å². The van der Waals surface area contributed by atoms with Gasteiger partial charge in [0, 0.05) is 0 Å². The zero-order chi connectivity index (χ0) is 22.1. The maximum atomic E-state index is 14.6. The summed E-state index contributed by atoms with van der Waals surface area (Å²) in [6, 6.07) is 22.8. The molecule has 0 radical (unpaired) electrons. The molecule has 4 heteroatoms. The highest BCUT2D eigenvalue weighted by Gasteiger charge is 2.34. The van der Waals surface area contributed by atoms with Crippen molar-refractivity contribution in [2.24, 2.45) is 0 Å². The molecule has 31 heavy (non-hydrogen) atoms. The van der Waals surface area contributed by atoms with Crippen LogP contribution in [0.25, 0.3) is 0 Å². The first-order chi connectivity index (χ1) is 15.0. The molecule has 3 aromatic carbocycles. The van der Waals surface area contributed by atoms with E-state index in [1.807, 2.05) is 24.3 Å². The number of hydrogen-bond donors (Lipinski definition) is 0. The van der Waals surface area contributed by atoms with E-state index in [2.05, 4.69) is 13.0 Å². The molecule has 2 nitrogen and oxygen atoms in total. The van der Waals surface area contributed by atoms with E-state index in [1.165, 1.54) is 12.1 Å². The smallest absolute Gasteiger partial charge is 0.426 e. The van der Waals surface area contributed by atoms with Gasteiger partial charge in [-0.05, 0) is 78.8 Å². The largest absolute Gasteiger partial charge is 0.429 e. The van der Waals surface area contributed by atoms with Gasteiger partial charge in [-0.15, -0.1) is 0 Å². The first-order valence-electron chi connectivity index (χ1n) is 10.7. The molecule has 0 aliphatic carbocycles. The van der Waals surface area contributed by atoms with Gasteiger partial charge in [-0.25, -0.2) is 0 Å². The fourth-order valence-corrected chi connectivity index (χ4v) is 3.41. The summed E-state index contributed by atoms with van der Waals surface area (Å²) in [6.07, 6.45) is 2.47. The summed E-state index contributed by atoms with van der Waals surface area (Å²) in [4.78, 5) is 0. The third kappa shape index (κ3) is 6.65. The van der Waals surface area contributed by atoms with Gasteiger partial charge in [0.05, 0.1) is 17.2 Å². The number of benzene rings is 3. The van der Waals surface area contributed by atoms with Crippen LogP contribution in [0.4, 0.5) is 8.78 Å². The van der Waals surface area contributed by atoms with Crippen LogP contribution in [0.3, 0.4) is 0 Å². The Kier molecular flexibility index (Phi) is 7.78. The fourth-order valence-electron chi connectivity index (χ4n) is 3.41. The average molecular weight is 420 g/mol. The van der Waals surface area contributed by atoms with Crippen molar-refractivity contribution in [1.29, 1.82) is 5.26 Å². The van der Waals surface area contributed by atoms with Crippen LogP contribution in [0.5, 0.6) is 5.75 Å². The summed E-state index contributed by atoms with van der Waals surface area (Å²) >= 11 is 0. The zero-order valence-corrected chi connectivity index (χ0v) is 17.8. The Morgan fingerprint density at radius 3 is 1.81 bits per heavy atom. The molecule has 0 aliphatic heterocycles. The molecule has 0 unspecified atom stereocenters. The van der Waals surface area contributed by atoms with Crippen LogP contribution in [0, 0.1) is 11.3 Å². The maximum absolute atomic E-state index is 14.6. The van der Waals surface area contributed by atoms with E-state index in [9.17, 15) is 8.78 Å². The molecule has 0 saturated heterocycles. The molecule has 0 atom stereocenters. The first kappa shape index (κ1) is 22.5. The Hall–Kier alpha value is -3.19. The molecule has 0 fully saturated rings. The predicted octanol–water partition coefficient (Wildman–Crippen LogP) is 7.20. The minimum Gasteiger partial charge on any atom is -0.429 e. The van der Waals surface area contributed by atoms with Gasteiger partial charge >= 0.3 is 6.11 Å². The summed E-state index contributed by atoms with van der Waals surface area (Å²) in [5.41, 5.74) is 3.73. The van der Waals surface area contributed by atoms with E-state index < -0.39 is 6.11 Å². The van der Waals surface area contributed by atoms with Gasteiger partial charge in [-0.3, -0.25) is 0 Å². The summed E-state index contributed by atoms with van der Waals surface area (Å²) in [7, 11) is 0. The number of rotatable bonds is 10. The number of halogens is 2. The second kappa shape index (κ2) is 10.7. The number of unbranched alkanes of at least 4 members (excludes halogenated alkanes) is 2. The van der Waals surface area contributed by atoms with Crippen LogP contribution in [0.2, 0.25) is 0 Å². The minimum atomic E-state index is -3.38. The predicted molar refractivity (Wildman–Crippen MR) is 119 cm³/mol. The van der Waals surface area contributed by atoms with Crippen LogP contribution < -0.4 is 4.74 Å². The lowest BCUT2D eigenvalue weighted by atomic mass is 10.0. The Morgan fingerprint density at radius 1 is 0.742 bits per heavy atom. The van der Waals surface area contributed by atoms with E-state index in [0.717, 1.165) is 55.2 Å². The van der Waals surface area contributed by atoms with E-state index in [4.69, 9.17) is 10.00 Å². The Bertz CT molecular complexity index is 987. The molecule has 0 bridgehead atoms. The van der Waals surface area contributed by atoms with Crippen molar-refractivity contribution in [1.82, 2.24) is 0 Å². The van der Waals surface area contributed by atoms with Crippen LogP contribution in [-0.2, 0) is 25.4 Å². The van der Waals surface area contributed by atoms with Crippen molar-refractivity contribution in [3.05, 3.63) is 101 Å². The second-order valence-electron chi connectivity index (χ2n) is 7.73. The highest BCUT2D eigenvalue weighted by Crippen LogP contribution is 2.32. The van der Waals surface area contributed by atoms with Gasteiger partial charge in [0.15, 0.2) is 0 Å². The highest BCUT2D eigenvalue weighted by molar-refractivity contribution is 5.33. The van der Waals surface area contributed by atoms with Crippen LogP contribution in [-0.4, -0.2) is 0 Å². The van der Waals surface area contributed by atoms with E-state index >= 15 is 0 Å². The van der Waals surface area contributed by atoms with Crippen molar-refractivity contribution in [2.75, 3.05) is 0 Å². The lowest BCUT2D eigenvalue weighted by Crippen LogP contribution is -2.21. The lowest BCUT2D eigenvalue weighted by Gasteiger charge is -2.19. The Labute approximate surface area is 183 Å². The lowest BCUT2D eigenvalue weighted by molar-refractivity contribution is -0.185. The molecule has 160 valence electrons. The Balaban J connectivity index is 1.55. The van der Waals surface area contributed by atoms with Gasteiger partial charge in [-0.2, -0.15) is 14.0 Å². The SMILES string of the molecule is CCCCCc1ccc(C(F)(F)Oc2ccc(CCc3ccc(C#N)cc3)cc2)cc1. The van der Waals surface area contributed by atoms with E-state index in [0.29, 0.717) is 5.56 Å². The fraction of sp³-hybridized carbons (Fsp3) is 0.296. The van der Waals surface area contributed by atoms with E-state index in [-0.39, 0.29) is 11.3 Å². The zero-order valence-electron chi connectivity index (χ0n) is 17.8. The van der Waals surface area contributed by atoms with Crippen molar-refractivity contribution in [3.63, 3.8) is 0 Å². The summed E-state index contributed by atoms with van der Waals surface area (Å²) < 4.78 is 34.1. The molecule has 0 saturated carbocycles. The monoisotopic (exact) mass is 419 g/mol. The molecule has 0 aromatic heterocycles. The average Bonchev–Trinajstić information content (AvgIpc) is 2.79. The van der Waals surface area contributed by atoms with Crippen molar-refractivity contribution < 1.29 is 13.5 Å². The van der Waals surface area contributed by atoms with Crippen LogP contribution in [0.15, 0.2) is 72.8 Å². The van der Waals surface area contributed by atoms with Gasteiger partial charge < -0.3 is 4.74 Å². The molecule has 0 heterocycles. The molecule has 3 rings (SSSR count). The number of alkyl halides is 2. The van der Waals surface area contributed by atoms with Gasteiger partial charge in [0.25, 0.3) is 0 Å². The molecule has 0 N–H and O–H groups in total. The van der Waals surface area contributed by atoms with Gasteiger partial charge in [0.1, 0.15) is 5.75 Å². The molecule has 0 aliphatic rings. The van der Waals surface area contributed by atoms with Gasteiger partial charge in [-0.1, -0.05) is 56.2 Å². The minimum absolute atomic E-state index is 0.138. The topological polar surface area (TPSA) is 33.0 Å². The summed E-state index contributed by atoms with van der Waals surface area (Å²) in [6.45, 7) is 2.14. The summed E-state index contributed by atoms with van der Waals surface area (Å²) in [5.74, 6) is 0.138. The molecule has 0 spiro atoms. The van der Waals surface area contributed by atoms with Crippen molar-refractivity contribution in [2.45, 2.75) is 51.6 Å². The number of nitriles is 1. The quantitative estimate of drug-likeness (QED) is 0.325. The standard InChI is InChI=1S/C27H27F2NO/c1-2-3-4-5-21-12-16-25(17-13-21)27(28,29)31-26-18-14-23(15-19-26)7-6-22-8-10-24(20-30)11-9-22/h8-19H,2-7H2,1H3. The second-order valence-corrected chi connectivity index (χ2v) is 7.73. The van der Waals surface area contributed by atoms with Crippen molar-refractivity contribution >= 4 is 0 Å². The first-order valence-corrected chi connectivity index (χ1v) is 10.7. The maximum Gasteiger partial charge on any atom is 0.426 e. The van der Waals surface area contributed by atoms with E-state index in [1.54, 1.807) is 36.4 Å². The summed E-state index contributed by atoms with van der Waals surface area (Å²) in [5, 5.41) is 8.85. The normalized spacial score (nSPS) is 11.2.